The van der Waals surface area contributed by atoms with E-state index in [0.717, 1.165) is 37.7 Å². The summed E-state index contributed by atoms with van der Waals surface area (Å²) in [6, 6.07) is 11.8. The van der Waals surface area contributed by atoms with Gasteiger partial charge < -0.3 is 25.4 Å². The minimum Gasteiger partial charge on any atom is -0.477 e. The second kappa shape index (κ2) is 7.73. The first-order chi connectivity index (χ1) is 12.2. The Morgan fingerprint density at radius 1 is 1.32 bits per heavy atom. The van der Waals surface area contributed by atoms with Crippen LogP contribution in [0.3, 0.4) is 0 Å². The number of hydrogen-bond donors (Lipinski definition) is 2. The lowest BCUT2D eigenvalue weighted by Crippen LogP contribution is -2.36. The van der Waals surface area contributed by atoms with Crippen LogP contribution in [0.4, 0.5) is 22.9 Å². The number of nitrogens with two attached hydrogens (primary N) is 1. The fraction of sp³-hybridized carbons (Fsp3) is 0.333. The molecule has 0 radical (unpaired) electrons. The highest BCUT2D eigenvalue weighted by molar-refractivity contribution is 5.68. The van der Waals surface area contributed by atoms with E-state index in [1.54, 1.807) is 6.07 Å². The molecule has 7 heteroatoms. The number of rotatable bonds is 5. The molecule has 0 atom stereocenters. The van der Waals surface area contributed by atoms with Crippen LogP contribution in [0.15, 0.2) is 30.3 Å². The Morgan fingerprint density at radius 2 is 2.04 bits per heavy atom. The van der Waals surface area contributed by atoms with Crippen molar-refractivity contribution in [3.8, 4) is 11.9 Å². The predicted molar refractivity (Wildman–Crippen MR) is 97.3 cm³/mol. The molecule has 1 fully saturated rings. The number of nitrogens with one attached hydrogen (secondary N) is 1. The second-order valence-corrected chi connectivity index (χ2v) is 5.59. The molecule has 3 rings (SSSR count). The molecule has 0 aliphatic carbocycles. The predicted octanol–water partition coefficient (Wildman–Crippen LogP) is 2.51. The summed E-state index contributed by atoms with van der Waals surface area (Å²) >= 11 is 0. The molecule has 1 saturated heterocycles. The van der Waals surface area contributed by atoms with Gasteiger partial charge in [0.05, 0.1) is 25.5 Å². The summed E-state index contributed by atoms with van der Waals surface area (Å²) in [5.74, 6) is 0.788. The molecule has 0 amide bonds. The van der Waals surface area contributed by atoms with Gasteiger partial charge in [0.25, 0.3) is 0 Å². The van der Waals surface area contributed by atoms with E-state index >= 15 is 0 Å². The van der Waals surface area contributed by atoms with Crippen molar-refractivity contribution in [3.63, 3.8) is 0 Å². The number of ether oxygens (including phenoxy) is 2. The van der Waals surface area contributed by atoms with Crippen LogP contribution in [0, 0.1) is 11.3 Å². The van der Waals surface area contributed by atoms with Gasteiger partial charge in [-0.05, 0) is 31.2 Å². The van der Waals surface area contributed by atoms with Crippen LogP contribution in [-0.2, 0) is 4.74 Å². The van der Waals surface area contributed by atoms with Gasteiger partial charge in [0.2, 0.25) is 5.88 Å². The van der Waals surface area contributed by atoms with Crippen molar-refractivity contribution in [2.45, 2.75) is 6.92 Å². The first kappa shape index (κ1) is 16.9. The maximum absolute atomic E-state index is 9.18. The SMILES string of the molecule is CCOc1nc(Nc2ccc(N3CCOCC3)cc2)cc(N)c1C#N. The number of benzene rings is 1. The number of pyridine rings is 1. The number of aromatic nitrogens is 1. The zero-order valence-electron chi connectivity index (χ0n) is 14.2. The topological polar surface area (TPSA) is 96.4 Å². The van der Waals surface area contributed by atoms with E-state index in [9.17, 15) is 5.26 Å². The van der Waals surface area contributed by atoms with Gasteiger partial charge >= 0.3 is 0 Å². The third-order valence-corrected chi connectivity index (χ3v) is 3.93. The summed E-state index contributed by atoms with van der Waals surface area (Å²) in [6.07, 6.45) is 0. The summed E-state index contributed by atoms with van der Waals surface area (Å²) in [6.45, 7) is 5.57. The zero-order valence-corrected chi connectivity index (χ0v) is 14.2. The highest BCUT2D eigenvalue weighted by Gasteiger charge is 2.13. The Kier molecular flexibility index (Phi) is 5.21. The van der Waals surface area contributed by atoms with Crippen LogP contribution in [0.5, 0.6) is 5.88 Å². The maximum Gasteiger partial charge on any atom is 0.235 e. The molecule has 1 aliphatic heterocycles. The average Bonchev–Trinajstić information content (AvgIpc) is 2.63. The van der Waals surface area contributed by atoms with Gasteiger partial charge in [0.1, 0.15) is 17.5 Å². The molecule has 1 aromatic carbocycles. The maximum atomic E-state index is 9.18. The molecule has 0 bridgehead atoms. The molecular weight excluding hydrogens is 318 g/mol. The normalized spacial score (nSPS) is 14.0. The van der Waals surface area contributed by atoms with Crippen molar-refractivity contribution in [2.24, 2.45) is 0 Å². The molecule has 130 valence electrons. The smallest absolute Gasteiger partial charge is 0.235 e. The Balaban J connectivity index is 1.76. The average molecular weight is 339 g/mol. The summed E-state index contributed by atoms with van der Waals surface area (Å²) in [7, 11) is 0. The molecule has 0 spiro atoms. The van der Waals surface area contributed by atoms with Crippen molar-refractivity contribution in [3.05, 3.63) is 35.9 Å². The van der Waals surface area contributed by atoms with Crippen LogP contribution >= 0.6 is 0 Å². The first-order valence-corrected chi connectivity index (χ1v) is 8.24. The van der Waals surface area contributed by atoms with E-state index in [2.05, 4.69) is 27.3 Å². The van der Waals surface area contributed by atoms with Gasteiger partial charge in [-0.2, -0.15) is 10.2 Å². The molecule has 0 unspecified atom stereocenters. The first-order valence-electron chi connectivity index (χ1n) is 8.24. The number of morpholine rings is 1. The van der Waals surface area contributed by atoms with Crippen molar-refractivity contribution >= 4 is 22.9 Å². The van der Waals surface area contributed by atoms with Gasteiger partial charge in [0, 0.05) is 30.5 Å². The molecular formula is C18H21N5O2. The highest BCUT2D eigenvalue weighted by atomic mass is 16.5. The highest BCUT2D eigenvalue weighted by Crippen LogP contribution is 2.27. The second-order valence-electron chi connectivity index (χ2n) is 5.59. The van der Waals surface area contributed by atoms with E-state index in [1.165, 1.54) is 0 Å². The van der Waals surface area contributed by atoms with Crippen molar-refractivity contribution in [1.82, 2.24) is 4.98 Å². The molecule has 1 aromatic heterocycles. The Hall–Kier alpha value is -2.98. The van der Waals surface area contributed by atoms with Gasteiger partial charge in [-0.15, -0.1) is 0 Å². The van der Waals surface area contributed by atoms with E-state index < -0.39 is 0 Å². The quantitative estimate of drug-likeness (QED) is 0.864. The zero-order chi connectivity index (χ0) is 17.6. The Morgan fingerprint density at radius 3 is 2.68 bits per heavy atom. The fourth-order valence-corrected chi connectivity index (χ4v) is 2.68. The minimum absolute atomic E-state index is 0.248. The molecule has 0 saturated carbocycles. The van der Waals surface area contributed by atoms with Crippen molar-refractivity contribution in [1.29, 1.82) is 5.26 Å². The van der Waals surface area contributed by atoms with Crippen LogP contribution < -0.4 is 20.7 Å². The lowest BCUT2D eigenvalue weighted by atomic mass is 10.2. The molecule has 3 N–H and O–H groups in total. The van der Waals surface area contributed by atoms with Gasteiger partial charge in [-0.3, -0.25) is 0 Å². The lowest BCUT2D eigenvalue weighted by molar-refractivity contribution is 0.122. The summed E-state index contributed by atoms with van der Waals surface area (Å²) < 4.78 is 10.8. The summed E-state index contributed by atoms with van der Waals surface area (Å²) in [4.78, 5) is 6.63. The van der Waals surface area contributed by atoms with Crippen LogP contribution in [0.2, 0.25) is 0 Å². The van der Waals surface area contributed by atoms with Crippen LogP contribution in [0.25, 0.3) is 0 Å². The van der Waals surface area contributed by atoms with Crippen molar-refractivity contribution in [2.75, 3.05) is 48.9 Å². The molecule has 2 heterocycles. The largest absolute Gasteiger partial charge is 0.477 e. The third-order valence-electron chi connectivity index (χ3n) is 3.93. The van der Waals surface area contributed by atoms with Crippen LogP contribution in [-0.4, -0.2) is 37.9 Å². The Labute approximate surface area is 147 Å². The van der Waals surface area contributed by atoms with Gasteiger partial charge in [-0.25, -0.2) is 0 Å². The number of nitrogens with zero attached hydrogens (tertiary/aromatic N) is 3. The van der Waals surface area contributed by atoms with E-state index in [0.29, 0.717) is 18.1 Å². The minimum atomic E-state index is 0.248. The number of nitriles is 1. The lowest BCUT2D eigenvalue weighted by Gasteiger charge is -2.28. The van der Waals surface area contributed by atoms with Crippen molar-refractivity contribution < 1.29 is 9.47 Å². The standard InChI is InChI=1S/C18H21N5O2/c1-2-25-18-15(12-19)16(20)11-17(22-18)21-13-3-5-14(6-4-13)23-7-9-24-10-8-23/h3-6,11H,2,7-10H2,1H3,(H3,20,21,22). The monoisotopic (exact) mass is 339 g/mol. The van der Waals surface area contributed by atoms with Crippen LogP contribution in [0.1, 0.15) is 12.5 Å². The van der Waals surface area contributed by atoms with Gasteiger partial charge in [0.15, 0.2) is 0 Å². The Bertz CT molecular complexity index is 764. The van der Waals surface area contributed by atoms with Gasteiger partial charge in [-0.1, -0.05) is 0 Å². The summed E-state index contributed by atoms with van der Waals surface area (Å²) in [5, 5.41) is 12.4. The third kappa shape index (κ3) is 3.92. The molecule has 1 aliphatic rings. The van der Waals surface area contributed by atoms with E-state index in [4.69, 9.17) is 15.2 Å². The number of hydrogen-bond acceptors (Lipinski definition) is 7. The number of nitrogen functional groups attached to an aromatic ring is 1. The van der Waals surface area contributed by atoms with E-state index in [-0.39, 0.29) is 11.4 Å². The fourth-order valence-electron chi connectivity index (χ4n) is 2.68. The summed E-state index contributed by atoms with van der Waals surface area (Å²) in [5.41, 5.74) is 8.59. The number of anilines is 4. The molecule has 7 nitrogen and oxygen atoms in total. The molecule has 2 aromatic rings. The van der Waals surface area contributed by atoms with E-state index in [1.807, 2.05) is 25.1 Å². The molecule has 25 heavy (non-hydrogen) atoms.